The summed E-state index contributed by atoms with van der Waals surface area (Å²) in [5, 5.41) is 11.4. The minimum atomic E-state index is -0.973. The first-order valence-corrected chi connectivity index (χ1v) is 6.69. The van der Waals surface area contributed by atoms with Gasteiger partial charge in [-0.2, -0.15) is 0 Å². The third-order valence-electron chi connectivity index (χ3n) is 3.45. The summed E-state index contributed by atoms with van der Waals surface area (Å²) in [6.45, 7) is 0.336. The molecule has 0 saturated carbocycles. The molecule has 2 N–H and O–H groups in total. The van der Waals surface area contributed by atoms with Gasteiger partial charge in [0.15, 0.2) is 0 Å². The molecule has 1 fully saturated rings. The molecule has 2 rings (SSSR count). The van der Waals surface area contributed by atoms with Crippen molar-refractivity contribution < 1.29 is 23.5 Å². The van der Waals surface area contributed by atoms with Crippen LogP contribution in [0.4, 0.5) is 14.5 Å². The number of rotatable bonds is 4. The molecule has 5 nitrogen and oxygen atoms in total. The van der Waals surface area contributed by atoms with Gasteiger partial charge in [-0.05, 0) is 31.5 Å². The van der Waals surface area contributed by atoms with Crippen LogP contribution in [0, 0.1) is 11.6 Å². The van der Waals surface area contributed by atoms with Crippen LogP contribution in [0.1, 0.15) is 19.3 Å². The Labute approximate surface area is 132 Å². The van der Waals surface area contributed by atoms with E-state index in [9.17, 15) is 18.4 Å². The third kappa shape index (κ3) is 4.64. The van der Waals surface area contributed by atoms with Crippen molar-refractivity contribution in [3.8, 4) is 0 Å². The molecule has 0 spiro atoms. The van der Waals surface area contributed by atoms with E-state index >= 15 is 0 Å². The molecule has 8 heteroatoms. The largest absolute Gasteiger partial charge is 0.480 e. The van der Waals surface area contributed by atoms with Crippen molar-refractivity contribution in [3.63, 3.8) is 0 Å². The Morgan fingerprint density at radius 2 is 2.05 bits per heavy atom. The summed E-state index contributed by atoms with van der Waals surface area (Å²) in [4.78, 5) is 24.5. The number of carboxylic acids is 1. The topological polar surface area (TPSA) is 69.6 Å². The van der Waals surface area contributed by atoms with Crippen LogP contribution in [0.25, 0.3) is 0 Å². The summed E-state index contributed by atoms with van der Waals surface area (Å²) >= 11 is 0. The van der Waals surface area contributed by atoms with Crippen LogP contribution in [0.3, 0.4) is 0 Å². The molecule has 1 aliphatic rings. The Bertz CT molecular complexity index is 557. The number of nitrogens with zero attached hydrogens (tertiary/aromatic N) is 1. The number of piperidine rings is 1. The number of aliphatic carboxylic acids is 1. The number of hydrogen-bond acceptors (Lipinski definition) is 3. The first-order valence-electron chi connectivity index (χ1n) is 6.69. The predicted octanol–water partition coefficient (Wildman–Crippen LogP) is 2.26. The summed E-state index contributed by atoms with van der Waals surface area (Å²) in [6.07, 6.45) is 2.09. The first kappa shape index (κ1) is 18.3. The lowest BCUT2D eigenvalue weighted by molar-refractivity contribution is -0.145. The predicted molar refractivity (Wildman–Crippen MR) is 79.1 cm³/mol. The van der Waals surface area contributed by atoms with Crippen molar-refractivity contribution in [2.75, 3.05) is 18.4 Å². The van der Waals surface area contributed by atoms with E-state index in [2.05, 4.69) is 5.32 Å². The van der Waals surface area contributed by atoms with Crippen LogP contribution in [-0.2, 0) is 9.59 Å². The zero-order valence-electron chi connectivity index (χ0n) is 11.7. The Morgan fingerprint density at radius 1 is 1.32 bits per heavy atom. The third-order valence-corrected chi connectivity index (χ3v) is 3.45. The Morgan fingerprint density at radius 3 is 2.73 bits per heavy atom. The molecule has 1 unspecified atom stereocenters. The maximum Gasteiger partial charge on any atom is 0.320 e. The summed E-state index contributed by atoms with van der Waals surface area (Å²) in [5.41, 5.74) is -0.246. The maximum atomic E-state index is 13.4. The van der Waals surface area contributed by atoms with Crippen LogP contribution < -0.4 is 5.32 Å². The van der Waals surface area contributed by atoms with Crippen LogP contribution in [-0.4, -0.2) is 41.0 Å². The van der Waals surface area contributed by atoms with Crippen molar-refractivity contribution in [2.24, 2.45) is 0 Å². The monoisotopic (exact) mass is 334 g/mol. The summed E-state index contributed by atoms with van der Waals surface area (Å²) in [6, 6.07) is 2.06. The highest BCUT2D eigenvalue weighted by molar-refractivity contribution is 5.92. The fourth-order valence-corrected chi connectivity index (χ4v) is 2.43. The van der Waals surface area contributed by atoms with Gasteiger partial charge in [0.2, 0.25) is 5.91 Å². The quantitative estimate of drug-likeness (QED) is 0.886. The molecule has 1 aliphatic heterocycles. The molecule has 0 aromatic heterocycles. The van der Waals surface area contributed by atoms with Crippen molar-refractivity contribution in [3.05, 3.63) is 29.8 Å². The van der Waals surface area contributed by atoms with Crippen LogP contribution in [0.2, 0.25) is 0 Å². The van der Waals surface area contributed by atoms with Gasteiger partial charge in [-0.1, -0.05) is 6.42 Å². The van der Waals surface area contributed by atoms with Crippen LogP contribution >= 0.6 is 12.4 Å². The van der Waals surface area contributed by atoms with E-state index in [1.807, 2.05) is 0 Å². The average Bonchev–Trinajstić information content (AvgIpc) is 2.43. The normalized spacial score (nSPS) is 18.4. The molecule has 1 amide bonds. The molecular formula is C14H17ClF2N2O3. The van der Waals surface area contributed by atoms with Crippen molar-refractivity contribution in [1.29, 1.82) is 0 Å². The zero-order valence-corrected chi connectivity index (χ0v) is 12.5. The maximum absolute atomic E-state index is 13.4. The van der Waals surface area contributed by atoms with Gasteiger partial charge in [0.1, 0.15) is 17.7 Å². The molecule has 0 bridgehead atoms. The van der Waals surface area contributed by atoms with Gasteiger partial charge >= 0.3 is 5.97 Å². The highest BCUT2D eigenvalue weighted by atomic mass is 35.5. The molecule has 1 saturated heterocycles. The van der Waals surface area contributed by atoms with E-state index in [1.165, 1.54) is 0 Å². The van der Waals surface area contributed by atoms with Gasteiger partial charge in [-0.15, -0.1) is 12.4 Å². The highest BCUT2D eigenvalue weighted by Crippen LogP contribution is 2.18. The van der Waals surface area contributed by atoms with E-state index in [0.717, 1.165) is 31.0 Å². The summed E-state index contributed by atoms with van der Waals surface area (Å²) in [5.74, 6) is -2.93. The number of amides is 1. The highest BCUT2D eigenvalue weighted by Gasteiger charge is 2.29. The Hall–Kier alpha value is -1.73. The lowest BCUT2D eigenvalue weighted by atomic mass is 10.0. The first-order chi connectivity index (χ1) is 9.97. The molecule has 0 aliphatic carbocycles. The molecule has 0 radical (unpaired) electrons. The van der Waals surface area contributed by atoms with E-state index < -0.39 is 29.6 Å². The molecule has 1 aromatic carbocycles. The van der Waals surface area contributed by atoms with Gasteiger partial charge in [0, 0.05) is 6.07 Å². The Kier molecular flexibility index (Phi) is 6.70. The number of halogens is 3. The second-order valence-electron chi connectivity index (χ2n) is 4.99. The van der Waals surface area contributed by atoms with E-state index in [4.69, 9.17) is 5.11 Å². The second-order valence-corrected chi connectivity index (χ2v) is 4.99. The number of carbonyl (C=O) groups excluding carboxylic acids is 1. The molecule has 1 atom stereocenters. The van der Waals surface area contributed by atoms with Crippen LogP contribution in [0.15, 0.2) is 18.2 Å². The summed E-state index contributed by atoms with van der Waals surface area (Å²) in [7, 11) is 0. The number of anilines is 1. The van der Waals surface area contributed by atoms with Crippen molar-refractivity contribution in [1.82, 2.24) is 4.90 Å². The standard InChI is InChI=1S/C14H16F2N2O3.ClH/c15-9-4-5-10(16)11(7-9)17-13(19)8-18-6-2-1-3-12(18)14(20)21;/h4-5,7,12H,1-3,6,8H2,(H,17,19)(H,20,21);1H. The van der Waals surface area contributed by atoms with E-state index in [1.54, 1.807) is 4.90 Å². The second kappa shape index (κ2) is 8.05. The fourth-order valence-electron chi connectivity index (χ4n) is 2.43. The lowest BCUT2D eigenvalue weighted by Crippen LogP contribution is -2.47. The summed E-state index contributed by atoms with van der Waals surface area (Å²) < 4.78 is 26.4. The molecule has 122 valence electrons. The van der Waals surface area contributed by atoms with Crippen molar-refractivity contribution in [2.45, 2.75) is 25.3 Å². The zero-order chi connectivity index (χ0) is 15.4. The lowest BCUT2D eigenvalue weighted by Gasteiger charge is -2.32. The average molecular weight is 335 g/mol. The molecule has 1 heterocycles. The SMILES string of the molecule is Cl.O=C(CN1CCCCC1C(=O)O)Nc1cc(F)ccc1F. The van der Waals surface area contributed by atoms with E-state index in [-0.39, 0.29) is 24.6 Å². The van der Waals surface area contributed by atoms with Gasteiger partial charge < -0.3 is 10.4 Å². The van der Waals surface area contributed by atoms with Crippen molar-refractivity contribution >= 4 is 30.0 Å². The van der Waals surface area contributed by atoms with Gasteiger partial charge in [0.25, 0.3) is 0 Å². The number of carbonyl (C=O) groups is 2. The fraction of sp³-hybridized carbons (Fsp3) is 0.429. The van der Waals surface area contributed by atoms with Gasteiger partial charge in [-0.3, -0.25) is 14.5 Å². The molecule has 1 aromatic rings. The molecular weight excluding hydrogens is 318 g/mol. The van der Waals surface area contributed by atoms with Crippen LogP contribution in [0.5, 0.6) is 0 Å². The number of hydrogen-bond donors (Lipinski definition) is 2. The smallest absolute Gasteiger partial charge is 0.320 e. The Balaban J connectivity index is 0.00000242. The number of likely N-dealkylation sites (tertiary alicyclic amines) is 1. The minimum absolute atomic E-state index is 0. The molecule has 22 heavy (non-hydrogen) atoms. The number of nitrogens with one attached hydrogen (secondary N) is 1. The van der Waals surface area contributed by atoms with Gasteiger partial charge in [-0.25, -0.2) is 8.78 Å². The number of benzene rings is 1. The number of carboxylic acid groups (broad SMARTS) is 1. The van der Waals surface area contributed by atoms with E-state index in [0.29, 0.717) is 13.0 Å². The minimum Gasteiger partial charge on any atom is -0.480 e. The van der Waals surface area contributed by atoms with Gasteiger partial charge in [0.05, 0.1) is 12.2 Å².